The van der Waals surface area contributed by atoms with Crippen LogP contribution in [0.5, 0.6) is 0 Å². The third-order valence-corrected chi connectivity index (χ3v) is 4.42. The molecule has 1 aliphatic carbocycles. The Morgan fingerprint density at radius 3 is 2.70 bits per heavy atom. The minimum Gasteiger partial charge on any atom is -0.409 e. The number of rotatable bonds is 5. The molecular formula is C16H25N3O. The molecule has 0 aliphatic heterocycles. The molecule has 0 amide bonds. The monoisotopic (exact) mass is 275 g/mol. The second-order valence-corrected chi connectivity index (χ2v) is 6.25. The first kappa shape index (κ1) is 14.9. The molecule has 0 unspecified atom stereocenters. The Morgan fingerprint density at radius 1 is 1.40 bits per heavy atom. The topological polar surface area (TPSA) is 70.6 Å². The van der Waals surface area contributed by atoms with Gasteiger partial charge < -0.3 is 16.3 Å². The molecule has 4 N–H and O–H groups in total. The first-order chi connectivity index (χ1) is 9.54. The van der Waals surface area contributed by atoms with Crippen LogP contribution in [0.3, 0.4) is 0 Å². The van der Waals surface area contributed by atoms with E-state index in [4.69, 9.17) is 10.9 Å². The van der Waals surface area contributed by atoms with Crippen molar-refractivity contribution in [3.63, 3.8) is 0 Å². The quantitative estimate of drug-likeness (QED) is 0.335. The maximum atomic E-state index is 8.69. The van der Waals surface area contributed by atoms with E-state index >= 15 is 0 Å². The molecule has 1 aliphatic rings. The van der Waals surface area contributed by atoms with Crippen molar-refractivity contribution in [2.45, 2.75) is 46.1 Å². The molecule has 1 aromatic rings. The molecule has 20 heavy (non-hydrogen) atoms. The Hall–Kier alpha value is -1.55. The molecule has 0 heterocycles. The molecule has 4 nitrogen and oxygen atoms in total. The normalized spacial score (nSPS) is 18.4. The van der Waals surface area contributed by atoms with Gasteiger partial charge in [-0.25, -0.2) is 0 Å². The highest BCUT2D eigenvalue weighted by Crippen LogP contribution is 2.36. The third kappa shape index (κ3) is 3.51. The van der Waals surface area contributed by atoms with Crippen LogP contribution in [0.1, 0.15) is 49.3 Å². The summed E-state index contributed by atoms with van der Waals surface area (Å²) in [5.41, 5.74) is 9.26. The van der Waals surface area contributed by atoms with Gasteiger partial charge in [0.2, 0.25) is 0 Å². The largest absolute Gasteiger partial charge is 0.409 e. The van der Waals surface area contributed by atoms with E-state index in [-0.39, 0.29) is 5.84 Å². The number of amidine groups is 1. The average molecular weight is 275 g/mol. The van der Waals surface area contributed by atoms with E-state index in [1.807, 2.05) is 18.2 Å². The number of aryl methyl sites for hydroxylation is 1. The van der Waals surface area contributed by atoms with Gasteiger partial charge in [-0.3, -0.25) is 0 Å². The molecule has 1 fully saturated rings. The van der Waals surface area contributed by atoms with Crippen molar-refractivity contribution in [2.24, 2.45) is 16.3 Å². The number of nitrogens with two attached hydrogens (primary N) is 1. The fraction of sp³-hybridized carbons (Fsp3) is 0.562. The second kappa shape index (κ2) is 6.27. The van der Waals surface area contributed by atoms with Crippen molar-refractivity contribution in [1.29, 1.82) is 0 Å². The van der Waals surface area contributed by atoms with Crippen LogP contribution in [0.2, 0.25) is 0 Å². The van der Waals surface area contributed by atoms with E-state index in [9.17, 15) is 0 Å². The molecule has 0 radical (unpaired) electrons. The number of benzene rings is 1. The summed E-state index contributed by atoms with van der Waals surface area (Å²) in [4.78, 5) is 0. The van der Waals surface area contributed by atoms with E-state index in [0.717, 1.165) is 24.2 Å². The highest BCUT2D eigenvalue weighted by molar-refractivity contribution is 5.97. The number of oxime groups is 1. The highest BCUT2D eigenvalue weighted by atomic mass is 16.4. The predicted octanol–water partition coefficient (Wildman–Crippen LogP) is 2.76. The number of nitrogens with one attached hydrogen (secondary N) is 1. The Morgan fingerprint density at radius 2 is 2.10 bits per heavy atom. The lowest BCUT2D eigenvalue weighted by Crippen LogP contribution is -2.29. The van der Waals surface area contributed by atoms with Crippen molar-refractivity contribution in [2.75, 3.05) is 6.54 Å². The van der Waals surface area contributed by atoms with Crippen LogP contribution in [-0.4, -0.2) is 17.6 Å². The smallest absolute Gasteiger partial charge is 0.170 e. The van der Waals surface area contributed by atoms with Crippen molar-refractivity contribution >= 4 is 5.84 Å². The number of hydrogen-bond donors (Lipinski definition) is 3. The summed E-state index contributed by atoms with van der Waals surface area (Å²) in [6.45, 7) is 6.39. The lowest BCUT2D eigenvalue weighted by molar-refractivity contribution is 0.314. The fourth-order valence-electron chi connectivity index (χ4n) is 3.02. The molecule has 0 atom stereocenters. The summed E-state index contributed by atoms with van der Waals surface area (Å²) in [6.07, 6.45) is 5.40. The van der Waals surface area contributed by atoms with Gasteiger partial charge in [-0.15, -0.1) is 0 Å². The van der Waals surface area contributed by atoms with Gasteiger partial charge in [-0.2, -0.15) is 0 Å². The average Bonchev–Trinajstić information content (AvgIpc) is 2.86. The molecule has 110 valence electrons. The summed E-state index contributed by atoms with van der Waals surface area (Å²) in [5, 5.41) is 15.3. The Kier molecular flexibility index (Phi) is 4.65. The number of hydrogen-bond acceptors (Lipinski definition) is 3. The molecule has 2 rings (SSSR count). The maximum absolute atomic E-state index is 8.69. The van der Waals surface area contributed by atoms with Gasteiger partial charge in [0, 0.05) is 18.7 Å². The van der Waals surface area contributed by atoms with Crippen LogP contribution in [0.4, 0.5) is 0 Å². The lowest BCUT2D eigenvalue weighted by Gasteiger charge is -2.24. The zero-order valence-electron chi connectivity index (χ0n) is 12.4. The maximum Gasteiger partial charge on any atom is 0.170 e. The molecule has 1 saturated carbocycles. The summed E-state index contributed by atoms with van der Waals surface area (Å²) in [6, 6.07) is 5.91. The first-order valence-electron chi connectivity index (χ1n) is 7.32. The molecule has 0 bridgehead atoms. The fourth-order valence-corrected chi connectivity index (χ4v) is 3.02. The van der Waals surface area contributed by atoms with Crippen molar-refractivity contribution in [3.8, 4) is 0 Å². The van der Waals surface area contributed by atoms with Crippen LogP contribution in [0.25, 0.3) is 0 Å². The van der Waals surface area contributed by atoms with E-state index in [0.29, 0.717) is 5.41 Å². The van der Waals surface area contributed by atoms with E-state index in [1.54, 1.807) is 0 Å². The van der Waals surface area contributed by atoms with Crippen LogP contribution in [0, 0.1) is 12.3 Å². The van der Waals surface area contributed by atoms with Gasteiger partial charge in [0.25, 0.3) is 0 Å². The molecular weight excluding hydrogens is 250 g/mol. The predicted molar refractivity (Wildman–Crippen MR) is 82.0 cm³/mol. The summed E-state index contributed by atoms with van der Waals surface area (Å²) in [5.74, 6) is 0.158. The summed E-state index contributed by atoms with van der Waals surface area (Å²) < 4.78 is 0. The summed E-state index contributed by atoms with van der Waals surface area (Å²) >= 11 is 0. The van der Waals surface area contributed by atoms with Crippen LogP contribution >= 0.6 is 0 Å². The van der Waals surface area contributed by atoms with E-state index in [1.165, 1.54) is 31.2 Å². The van der Waals surface area contributed by atoms with Crippen LogP contribution in [0.15, 0.2) is 23.4 Å². The standard InChI is InChI=1S/C16H25N3O/c1-12-9-13(15(17)19-20)5-6-14(12)10-18-11-16(2)7-3-4-8-16/h5-6,9,18,20H,3-4,7-8,10-11H2,1-2H3,(H2,17,19). The van der Waals surface area contributed by atoms with Gasteiger partial charge in [-0.1, -0.05) is 37.1 Å². The Bertz CT molecular complexity index is 490. The molecule has 1 aromatic carbocycles. The molecule has 0 aromatic heterocycles. The highest BCUT2D eigenvalue weighted by Gasteiger charge is 2.27. The van der Waals surface area contributed by atoms with E-state index < -0.39 is 0 Å². The lowest BCUT2D eigenvalue weighted by atomic mass is 9.89. The van der Waals surface area contributed by atoms with Crippen LogP contribution in [-0.2, 0) is 6.54 Å². The Labute approximate surface area is 121 Å². The molecule has 0 saturated heterocycles. The van der Waals surface area contributed by atoms with Crippen molar-refractivity contribution in [3.05, 3.63) is 34.9 Å². The van der Waals surface area contributed by atoms with Crippen molar-refractivity contribution in [1.82, 2.24) is 5.32 Å². The van der Waals surface area contributed by atoms with Crippen LogP contribution < -0.4 is 11.1 Å². The van der Waals surface area contributed by atoms with E-state index in [2.05, 4.69) is 24.3 Å². The Balaban J connectivity index is 1.93. The summed E-state index contributed by atoms with van der Waals surface area (Å²) in [7, 11) is 0. The molecule has 0 spiro atoms. The van der Waals surface area contributed by atoms with Gasteiger partial charge >= 0.3 is 0 Å². The van der Waals surface area contributed by atoms with Crippen molar-refractivity contribution < 1.29 is 5.21 Å². The van der Waals surface area contributed by atoms with Gasteiger partial charge in [0.05, 0.1) is 0 Å². The zero-order chi connectivity index (χ0) is 14.6. The first-order valence-corrected chi connectivity index (χ1v) is 7.32. The zero-order valence-corrected chi connectivity index (χ0v) is 12.4. The van der Waals surface area contributed by atoms with Gasteiger partial charge in [-0.05, 0) is 42.4 Å². The SMILES string of the molecule is Cc1cc(/C(N)=N/O)ccc1CNCC1(C)CCCC1. The minimum absolute atomic E-state index is 0.158. The van der Waals surface area contributed by atoms with Gasteiger partial charge in [0.1, 0.15) is 0 Å². The number of nitrogens with zero attached hydrogens (tertiary/aromatic N) is 1. The molecule has 4 heteroatoms. The minimum atomic E-state index is 0.158. The third-order valence-electron chi connectivity index (χ3n) is 4.42. The second-order valence-electron chi connectivity index (χ2n) is 6.25. The van der Waals surface area contributed by atoms with Gasteiger partial charge in [0.15, 0.2) is 5.84 Å².